The molecule has 0 bridgehead atoms. The number of nitrogens with two attached hydrogens (primary N) is 2. The molecule has 7 heteroatoms. The highest BCUT2D eigenvalue weighted by Gasteiger charge is 2.25. The fraction of sp³-hybridized carbons (Fsp3) is 0.292. The smallest absolute Gasteiger partial charge is 0.237 e. The third-order valence-electron chi connectivity index (χ3n) is 4.97. The number of aromatic nitrogens is 1. The first-order valence-electron chi connectivity index (χ1n) is 10.4. The molecule has 1 amide bonds. The van der Waals surface area contributed by atoms with Gasteiger partial charge in [0.2, 0.25) is 11.0 Å². The van der Waals surface area contributed by atoms with Crippen LogP contribution in [0.1, 0.15) is 24.8 Å². The molecule has 0 spiro atoms. The summed E-state index contributed by atoms with van der Waals surface area (Å²) in [6.45, 7) is 0.569. The van der Waals surface area contributed by atoms with Gasteiger partial charge in [-0.2, -0.15) is 0 Å². The number of carbonyl (C=O) groups excluding carboxylic acids is 2. The molecule has 0 aliphatic heterocycles. The first kappa shape index (κ1) is 22.9. The van der Waals surface area contributed by atoms with Gasteiger partial charge in [0.15, 0.2) is 0 Å². The van der Waals surface area contributed by atoms with Crippen LogP contribution >= 0.6 is 11.8 Å². The maximum Gasteiger partial charge on any atom is 0.237 e. The molecule has 1 heterocycles. The summed E-state index contributed by atoms with van der Waals surface area (Å²) in [6, 6.07) is 18.0. The van der Waals surface area contributed by atoms with E-state index in [-0.39, 0.29) is 11.0 Å². The summed E-state index contributed by atoms with van der Waals surface area (Å²) >= 11 is 1.09. The summed E-state index contributed by atoms with van der Waals surface area (Å²) in [7, 11) is 0. The van der Waals surface area contributed by atoms with Gasteiger partial charge in [0.1, 0.15) is 6.04 Å². The van der Waals surface area contributed by atoms with E-state index in [0.717, 1.165) is 46.0 Å². The van der Waals surface area contributed by atoms with E-state index in [2.05, 4.69) is 10.3 Å². The van der Waals surface area contributed by atoms with Crippen molar-refractivity contribution < 1.29 is 9.59 Å². The van der Waals surface area contributed by atoms with Crippen molar-refractivity contribution in [2.45, 2.75) is 42.7 Å². The van der Waals surface area contributed by atoms with Gasteiger partial charge < -0.3 is 16.8 Å². The van der Waals surface area contributed by atoms with Crippen LogP contribution in [0.4, 0.5) is 0 Å². The van der Waals surface area contributed by atoms with Gasteiger partial charge in [-0.15, -0.1) is 0 Å². The van der Waals surface area contributed by atoms with E-state index < -0.39 is 12.1 Å². The van der Waals surface area contributed by atoms with E-state index in [0.29, 0.717) is 19.4 Å². The maximum absolute atomic E-state index is 13.1. The van der Waals surface area contributed by atoms with E-state index in [1.807, 2.05) is 60.7 Å². The van der Waals surface area contributed by atoms with E-state index in [9.17, 15) is 9.59 Å². The number of hydrogen-bond donors (Lipinski definition) is 3. The third-order valence-corrected chi connectivity index (χ3v) is 5.92. The fourth-order valence-corrected chi connectivity index (χ4v) is 4.06. The largest absolute Gasteiger partial charge is 0.344 e. The highest BCUT2D eigenvalue weighted by Crippen LogP contribution is 2.24. The molecular weight excluding hydrogens is 408 g/mol. The lowest BCUT2D eigenvalue weighted by Crippen LogP contribution is -2.48. The number of para-hydroxylation sites is 1. The normalized spacial score (nSPS) is 13.0. The summed E-state index contributed by atoms with van der Waals surface area (Å²) in [6.07, 6.45) is 4.22. The van der Waals surface area contributed by atoms with Crippen molar-refractivity contribution in [3.8, 4) is 0 Å². The van der Waals surface area contributed by atoms with Crippen molar-refractivity contribution in [2.24, 2.45) is 11.5 Å². The highest BCUT2D eigenvalue weighted by atomic mass is 32.2. The summed E-state index contributed by atoms with van der Waals surface area (Å²) in [5, 5.41) is 3.68. The van der Waals surface area contributed by atoms with E-state index in [4.69, 9.17) is 11.5 Å². The van der Waals surface area contributed by atoms with Crippen LogP contribution in [0.3, 0.4) is 0 Å². The molecule has 2 atom stereocenters. The molecule has 3 rings (SSSR count). The number of nitrogens with one attached hydrogen (secondary N) is 1. The van der Waals surface area contributed by atoms with Crippen LogP contribution in [-0.4, -0.2) is 34.6 Å². The Balaban J connectivity index is 1.72. The van der Waals surface area contributed by atoms with Crippen LogP contribution in [0.2, 0.25) is 0 Å². The lowest BCUT2D eigenvalue weighted by atomic mass is 10.1. The average molecular weight is 437 g/mol. The topological polar surface area (TPSA) is 111 Å². The van der Waals surface area contributed by atoms with Crippen molar-refractivity contribution in [3.05, 3.63) is 72.4 Å². The molecule has 1 aromatic heterocycles. The first-order chi connectivity index (χ1) is 15.1. The molecule has 0 saturated carbocycles. The maximum atomic E-state index is 13.1. The van der Waals surface area contributed by atoms with E-state index >= 15 is 0 Å². The molecule has 0 aliphatic carbocycles. The molecule has 0 unspecified atom stereocenters. The monoisotopic (exact) mass is 436 g/mol. The fourth-order valence-electron chi connectivity index (χ4n) is 3.26. The molecule has 0 saturated heterocycles. The number of fused-ring (bicyclic) bond motifs is 1. The molecule has 162 valence electrons. The number of carbonyl (C=O) groups is 2. The second-order valence-electron chi connectivity index (χ2n) is 7.43. The van der Waals surface area contributed by atoms with Crippen LogP contribution < -0.4 is 16.8 Å². The Bertz CT molecular complexity index is 1010. The van der Waals surface area contributed by atoms with Gasteiger partial charge in [0.05, 0.1) is 11.6 Å². The molecule has 0 fully saturated rings. The summed E-state index contributed by atoms with van der Waals surface area (Å²) in [4.78, 5) is 30.9. The van der Waals surface area contributed by atoms with Crippen LogP contribution in [0.5, 0.6) is 0 Å². The lowest BCUT2D eigenvalue weighted by Gasteiger charge is -2.20. The zero-order valence-electron chi connectivity index (χ0n) is 17.4. The van der Waals surface area contributed by atoms with E-state index in [1.165, 1.54) is 0 Å². The standard InChI is InChI=1S/C24H28N4O2S/c25-13-7-6-11-20(26)23(29)28-22(14-17-8-2-1-3-9-17)24(30)31-19-15-18-10-4-5-12-21(18)27-16-19/h1-5,8-10,12,15-16,20,22H,6-7,11,13-14,25-26H2,(H,28,29)/t20-,22-/m1/s1. The molecule has 5 N–H and O–H groups in total. The molecule has 31 heavy (non-hydrogen) atoms. The molecule has 3 aromatic rings. The number of nitrogens with zero attached hydrogens (tertiary/aromatic N) is 1. The Morgan fingerprint density at radius 2 is 1.77 bits per heavy atom. The Labute approximate surface area is 186 Å². The Morgan fingerprint density at radius 3 is 2.55 bits per heavy atom. The highest BCUT2D eigenvalue weighted by molar-refractivity contribution is 8.13. The van der Waals surface area contributed by atoms with Crippen molar-refractivity contribution >= 4 is 33.7 Å². The second-order valence-corrected chi connectivity index (χ2v) is 8.50. The van der Waals surface area contributed by atoms with Crippen LogP contribution in [0.25, 0.3) is 10.9 Å². The van der Waals surface area contributed by atoms with Crippen LogP contribution in [0, 0.1) is 0 Å². The van der Waals surface area contributed by atoms with Gasteiger partial charge in [-0.05, 0) is 48.8 Å². The SMILES string of the molecule is NCCCC[C@@H](N)C(=O)N[C@H](Cc1ccccc1)C(=O)Sc1cnc2ccccc2c1. The number of unbranched alkanes of at least 4 members (excludes halogenated alkanes) is 1. The number of rotatable bonds is 10. The number of pyridine rings is 1. The number of amides is 1. The van der Waals surface area contributed by atoms with Gasteiger partial charge in [-0.3, -0.25) is 14.6 Å². The van der Waals surface area contributed by atoms with Crippen molar-refractivity contribution in [3.63, 3.8) is 0 Å². The number of hydrogen-bond acceptors (Lipinski definition) is 6. The predicted molar refractivity (Wildman–Crippen MR) is 126 cm³/mol. The average Bonchev–Trinajstić information content (AvgIpc) is 2.79. The first-order valence-corrected chi connectivity index (χ1v) is 11.2. The number of thioether (sulfide) groups is 1. The van der Waals surface area contributed by atoms with Crippen molar-refractivity contribution in [2.75, 3.05) is 6.54 Å². The van der Waals surface area contributed by atoms with Crippen LogP contribution in [-0.2, 0) is 16.0 Å². The summed E-state index contributed by atoms with van der Waals surface area (Å²) in [5.74, 6) is -0.316. The van der Waals surface area contributed by atoms with Gasteiger partial charge in [0.25, 0.3) is 0 Å². The second kappa shape index (κ2) is 11.6. The Kier molecular flexibility index (Phi) is 8.58. The van der Waals surface area contributed by atoms with Gasteiger partial charge in [0, 0.05) is 22.9 Å². The molecular formula is C24H28N4O2S. The quantitative estimate of drug-likeness (QED) is 0.333. The van der Waals surface area contributed by atoms with Crippen LogP contribution in [0.15, 0.2) is 71.8 Å². The summed E-state index contributed by atoms with van der Waals surface area (Å²) in [5.41, 5.74) is 13.4. The Morgan fingerprint density at radius 1 is 1.03 bits per heavy atom. The van der Waals surface area contributed by atoms with Gasteiger partial charge in [-0.25, -0.2) is 0 Å². The minimum absolute atomic E-state index is 0.150. The molecule has 2 aromatic carbocycles. The lowest BCUT2D eigenvalue weighted by molar-refractivity contribution is -0.125. The molecule has 0 aliphatic rings. The summed E-state index contributed by atoms with van der Waals surface area (Å²) < 4.78 is 0. The van der Waals surface area contributed by atoms with Gasteiger partial charge >= 0.3 is 0 Å². The predicted octanol–water partition coefficient (Wildman–Crippen LogP) is 3.04. The zero-order valence-corrected chi connectivity index (χ0v) is 18.2. The minimum atomic E-state index is -0.688. The Hall–Kier alpha value is -2.74. The zero-order chi connectivity index (χ0) is 22.1. The van der Waals surface area contributed by atoms with Crippen molar-refractivity contribution in [1.82, 2.24) is 10.3 Å². The molecule has 6 nitrogen and oxygen atoms in total. The number of benzene rings is 2. The third kappa shape index (κ3) is 6.89. The van der Waals surface area contributed by atoms with Gasteiger partial charge in [-0.1, -0.05) is 55.0 Å². The molecule has 0 radical (unpaired) electrons. The van der Waals surface area contributed by atoms with Crippen molar-refractivity contribution in [1.29, 1.82) is 0 Å². The van der Waals surface area contributed by atoms with E-state index in [1.54, 1.807) is 6.20 Å². The minimum Gasteiger partial charge on any atom is -0.344 e.